The van der Waals surface area contributed by atoms with E-state index in [1.165, 1.54) is 31.2 Å². The van der Waals surface area contributed by atoms with Gasteiger partial charge in [0.15, 0.2) is 0 Å². The first-order valence-electron chi connectivity index (χ1n) is 12.5. The number of carbonyl (C=O) groups excluding carboxylic acids is 1. The van der Waals surface area contributed by atoms with E-state index in [0.717, 1.165) is 44.9 Å². The summed E-state index contributed by atoms with van der Waals surface area (Å²) in [5.74, 6) is 1.71. The summed E-state index contributed by atoms with van der Waals surface area (Å²) in [5, 5.41) is 3.53. The molecule has 3 N–H and O–H groups in total. The SMILES string of the molecule is CCCC1(C)C2CC3(C(=O)N[C@H]4CC[C@H](N)CC4)CC1CC(c1ccccc1)(C2)C3. The van der Waals surface area contributed by atoms with Gasteiger partial charge in [-0.05, 0) is 92.4 Å². The molecule has 0 spiro atoms. The van der Waals surface area contributed by atoms with Crippen molar-refractivity contribution < 1.29 is 4.79 Å². The number of nitrogens with one attached hydrogen (secondary N) is 1. The number of nitrogens with two attached hydrogens (primary N) is 1. The van der Waals surface area contributed by atoms with Crippen LogP contribution in [0.2, 0.25) is 0 Å². The van der Waals surface area contributed by atoms with E-state index in [4.69, 9.17) is 5.73 Å². The predicted molar refractivity (Wildman–Crippen MR) is 122 cm³/mol. The molecular formula is C27H40N2O. The molecule has 1 aromatic carbocycles. The molecule has 5 fully saturated rings. The largest absolute Gasteiger partial charge is 0.353 e. The summed E-state index contributed by atoms with van der Waals surface area (Å²) in [6.07, 6.45) is 12.6. The highest BCUT2D eigenvalue weighted by Crippen LogP contribution is 2.72. The van der Waals surface area contributed by atoms with Crippen LogP contribution in [0.1, 0.15) is 90.0 Å². The van der Waals surface area contributed by atoms with Crippen LogP contribution in [0.5, 0.6) is 0 Å². The van der Waals surface area contributed by atoms with Gasteiger partial charge in [0.05, 0.1) is 5.41 Å². The normalized spacial score (nSPS) is 44.8. The Hall–Kier alpha value is -1.35. The molecule has 30 heavy (non-hydrogen) atoms. The quantitative estimate of drug-likeness (QED) is 0.692. The van der Waals surface area contributed by atoms with E-state index in [-0.39, 0.29) is 10.8 Å². The van der Waals surface area contributed by atoms with E-state index in [2.05, 4.69) is 49.5 Å². The Kier molecular flexibility index (Phi) is 5.04. The highest BCUT2D eigenvalue weighted by atomic mass is 16.2. The monoisotopic (exact) mass is 408 g/mol. The van der Waals surface area contributed by atoms with Crippen molar-refractivity contribution in [3.63, 3.8) is 0 Å². The zero-order valence-electron chi connectivity index (χ0n) is 19.0. The van der Waals surface area contributed by atoms with E-state index >= 15 is 0 Å². The fourth-order valence-corrected chi connectivity index (χ4v) is 8.34. The Labute approximate surface area is 182 Å². The van der Waals surface area contributed by atoms with Gasteiger partial charge in [-0.2, -0.15) is 0 Å². The van der Waals surface area contributed by atoms with Crippen LogP contribution in [0, 0.1) is 22.7 Å². The van der Waals surface area contributed by atoms with Crippen LogP contribution in [-0.4, -0.2) is 18.0 Å². The van der Waals surface area contributed by atoms with Gasteiger partial charge in [0.2, 0.25) is 5.91 Å². The summed E-state index contributed by atoms with van der Waals surface area (Å²) in [7, 11) is 0. The Balaban J connectivity index is 1.45. The maximum absolute atomic E-state index is 13.8. The van der Waals surface area contributed by atoms with E-state index < -0.39 is 0 Å². The molecule has 4 bridgehead atoms. The lowest BCUT2D eigenvalue weighted by molar-refractivity contribution is -0.177. The zero-order valence-corrected chi connectivity index (χ0v) is 19.0. The summed E-state index contributed by atoms with van der Waals surface area (Å²) in [6.45, 7) is 4.88. The summed E-state index contributed by atoms with van der Waals surface area (Å²) < 4.78 is 0. The molecule has 2 unspecified atom stereocenters. The van der Waals surface area contributed by atoms with Gasteiger partial charge in [-0.3, -0.25) is 4.79 Å². The molecule has 0 heterocycles. The molecule has 5 aliphatic carbocycles. The summed E-state index contributed by atoms with van der Waals surface area (Å²) >= 11 is 0. The number of amides is 1. The molecule has 2 atom stereocenters. The molecule has 164 valence electrons. The molecule has 6 rings (SSSR count). The summed E-state index contributed by atoms with van der Waals surface area (Å²) in [5.41, 5.74) is 8.04. The van der Waals surface area contributed by atoms with Crippen molar-refractivity contribution in [2.45, 2.75) is 102 Å². The van der Waals surface area contributed by atoms with Crippen molar-refractivity contribution in [2.24, 2.45) is 28.4 Å². The first-order chi connectivity index (χ1) is 14.4. The van der Waals surface area contributed by atoms with Gasteiger partial charge in [-0.25, -0.2) is 0 Å². The smallest absolute Gasteiger partial charge is 0.226 e. The van der Waals surface area contributed by atoms with Gasteiger partial charge in [0.1, 0.15) is 0 Å². The molecule has 0 aromatic heterocycles. The number of benzene rings is 1. The molecule has 1 amide bonds. The topological polar surface area (TPSA) is 55.1 Å². The standard InChI is InChI=1S/C27H40N2O/c1-3-13-25(2)20-14-26(19-7-5-4-6-8-19)15-21(25)17-27(16-20,18-26)24(30)29-23-11-9-22(28)10-12-23/h4-8,20-23H,3,9-18,28H2,1-2H3,(H,29,30)/t20?,21?,22-,23-,25?,26?,27?. The highest BCUT2D eigenvalue weighted by Gasteiger charge is 2.67. The maximum atomic E-state index is 13.8. The van der Waals surface area contributed by atoms with Gasteiger partial charge in [-0.15, -0.1) is 0 Å². The number of hydrogen-bond donors (Lipinski definition) is 2. The molecule has 0 radical (unpaired) electrons. The molecule has 0 saturated heterocycles. The minimum Gasteiger partial charge on any atom is -0.353 e. The van der Waals surface area contributed by atoms with Crippen LogP contribution in [-0.2, 0) is 10.2 Å². The third-order valence-electron chi connectivity index (χ3n) is 9.85. The van der Waals surface area contributed by atoms with Crippen LogP contribution >= 0.6 is 0 Å². The average molecular weight is 409 g/mol. The van der Waals surface area contributed by atoms with E-state index in [1.54, 1.807) is 0 Å². The fourth-order valence-electron chi connectivity index (χ4n) is 8.34. The lowest BCUT2D eigenvalue weighted by Gasteiger charge is -2.68. The van der Waals surface area contributed by atoms with Gasteiger partial charge in [0.25, 0.3) is 0 Å². The summed E-state index contributed by atoms with van der Waals surface area (Å²) in [4.78, 5) is 13.8. The number of hydrogen-bond acceptors (Lipinski definition) is 2. The lowest BCUT2D eigenvalue weighted by atomic mass is 9.36. The number of carbonyl (C=O) groups is 1. The van der Waals surface area contributed by atoms with Gasteiger partial charge in [0, 0.05) is 12.1 Å². The van der Waals surface area contributed by atoms with Crippen LogP contribution in [0.25, 0.3) is 0 Å². The molecule has 1 aromatic rings. The fraction of sp³-hybridized carbons (Fsp3) is 0.741. The second-order valence-corrected chi connectivity index (χ2v) is 11.7. The Morgan fingerprint density at radius 1 is 1.03 bits per heavy atom. The molecular weight excluding hydrogens is 368 g/mol. The third-order valence-corrected chi connectivity index (χ3v) is 9.85. The second kappa shape index (κ2) is 7.36. The van der Waals surface area contributed by atoms with Crippen LogP contribution in [0.3, 0.4) is 0 Å². The minimum atomic E-state index is -0.158. The predicted octanol–water partition coefficient (Wildman–Crippen LogP) is 5.33. The molecule has 3 nitrogen and oxygen atoms in total. The first-order valence-corrected chi connectivity index (χ1v) is 12.5. The number of rotatable bonds is 5. The summed E-state index contributed by atoms with van der Waals surface area (Å²) in [6, 6.07) is 11.8. The first kappa shape index (κ1) is 20.5. The van der Waals surface area contributed by atoms with Crippen LogP contribution in [0.4, 0.5) is 0 Å². The lowest BCUT2D eigenvalue weighted by Crippen LogP contribution is -2.65. The van der Waals surface area contributed by atoms with E-state index in [0.29, 0.717) is 35.2 Å². The zero-order chi connectivity index (χ0) is 21.0. The van der Waals surface area contributed by atoms with Crippen molar-refractivity contribution in [2.75, 3.05) is 0 Å². The Bertz CT molecular complexity index is 763. The molecule has 5 saturated carbocycles. The minimum absolute atomic E-state index is 0.158. The average Bonchev–Trinajstić information content (AvgIpc) is 2.74. The molecule has 3 heteroatoms. The van der Waals surface area contributed by atoms with Crippen molar-refractivity contribution >= 4 is 5.91 Å². The third kappa shape index (κ3) is 3.15. The van der Waals surface area contributed by atoms with Crippen molar-refractivity contribution in [3.8, 4) is 0 Å². The Morgan fingerprint density at radius 2 is 1.67 bits per heavy atom. The van der Waals surface area contributed by atoms with Crippen molar-refractivity contribution in [1.29, 1.82) is 0 Å². The van der Waals surface area contributed by atoms with Crippen molar-refractivity contribution in [3.05, 3.63) is 35.9 Å². The van der Waals surface area contributed by atoms with Gasteiger partial charge >= 0.3 is 0 Å². The molecule has 5 aliphatic rings. The molecule has 0 aliphatic heterocycles. The Morgan fingerprint density at radius 3 is 2.27 bits per heavy atom. The van der Waals surface area contributed by atoms with Crippen LogP contribution in [0.15, 0.2) is 30.3 Å². The second-order valence-electron chi connectivity index (χ2n) is 11.7. The van der Waals surface area contributed by atoms with Gasteiger partial charge in [-0.1, -0.05) is 50.6 Å². The van der Waals surface area contributed by atoms with Crippen molar-refractivity contribution in [1.82, 2.24) is 5.32 Å². The van der Waals surface area contributed by atoms with E-state index in [1.807, 2.05) is 0 Å². The highest BCUT2D eigenvalue weighted by molar-refractivity contribution is 5.84. The van der Waals surface area contributed by atoms with E-state index in [9.17, 15) is 4.79 Å². The maximum Gasteiger partial charge on any atom is 0.226 e. The van der Waals surface area contributed by atoms with Crippen LogP contribution < -0.4 is 11.1 Å². The van der Waals surface area contributed by atoms with Gasteiger partial charge < -0.3 is 11.1 Å².